The lowest BCUT2D eigenvalue weighted by Crippen LogP contribution is -2.28. The van der Waals surface area contributed by atoms with Gasteiger partial charge in [-0.3, -0.25) is 4.79 Å². The van der Waals surface area contributed by atoms with E-state index in [-0.39, 0.29) is 19.6 Å². The van der Waals surface area contributed by atoms with Crippen LogP contribution in [0.5, 0.6) is 0 Å². The Balaban J connectivity index is 3.86. The monoisotopic (exact) mass is 248 g/mol. The molecule has 0 aliphatic carbocycles. The van der Waals surface area contributed by atoms with Gasteiger partial charge >= 0.3 is 11.9 Å². The van der Waals surface area contributed by atoms with Gasteiger partial charge in [-0.25, -0.2) is 4.79 Å². The van der Waals surface area contributed by atoms with Crippen molar-refractivity contribution in [1.29, 1.82) is 0 Å². The number of carbonyl (C=O) groups excluding carboxylic acids is 2. The average molecular weight is 248 g/mol. The Morgan fingerprint density at radius 3 is 2.53 bits per heavy atom. The zero-order chi connectivity index (χ0) is 13.3. The average Bonchev–Trinajstić information content (AvgIpc) is 2.28. The minimum absolute atomic E-state index is 0.0653. The Kier molecular flexibility index (Phi) is 8.35. The maximum absolute atomic E-state index is 11.3. The summed E-state index contributed by atoms with van der Waals surface area (Å²) in [7, 11) is 0. The zero-order valence-electron chi connectivity index (χ0n) is 10.2. The van der Waals surface area contributed by atoms with Crippen LogP contribution in [0.1, 0.15) is 33.1 Å². The van der Waals surface area contributed by atoms with E-state index in [1.807, 2.05) is 0 Å². The van der Waals surface area contributed by atoms with Crippen molar-refractivity contribution in [3.05, 3.63) is 0 Å². The largest absolute Gasteiger partial charge is 0.463 e. The van der Waals surface area contributed by atoms with E-state index in [9.17, 15) is 14.7 Å². The van der Waals surface area contributed by atoms with E-state index in [1.165, 1.54) is 6.92 Å². The summed E-state index contributed by atoms with van der Waals surface area (Å²) in [5.74, 6) is -1.29. The van der Waals surface area contributed by atoms with Crippen molar-refractivity contribution in [2.75, 3.05) is 13.2 Å². The van der Waals surface area contributed by atoms with Gasteiger partial charge in [-0.1, -0.05) is 6.92 Å². The summed E-state index contributed by atoms with van der Waals surface area (Å²) < 4.78 is 9.52. The molecule has 2 N–H and O–H groups in total. The molecule has 6 nitrogen and oxygen atoms in total. The molecule has 100 valence electrons. The van der Waals surface area contributed by atoms with E-state index in [1.54, 1.807) is 6.92 Å². The number of esters is 2. The van der Waals surface area contributed by atoms with Gasteiger partial charge in [-0.2, -0.15) is 0 Å². The maximum Gasteiger partial charge on any atom is 0.347 e. The quantitative estimate of drug-likeness (QED) is 0.464. The number of rotatable bonds is 8. The second kappa shape index (κ2) is 8.95. The van der Waals surface area contributed by atoms with Gasteiger partial charge in [0.25, 0.3) is 0 Å². The van der Waals surface area contributed by atoms with E-state index in [2.05, 4.69) is 0 Å². The van der Waals surface area contributed by atoms with Crippen molar-refractivity contribution < 1.29 is 29.3 Å². The lowest BCUT2D eigenvalue weighted by atomic mass is 10.2. The summed E-state index contributed by atoms with van der Waals surface area (Å²) in [6.07, 6.45) is -1.08. The molecule has 0 rings (SSSR count). The van der Waals surface area contributed by atoms with E-state index < -0.39 is 24.1 Å². The molecule has 2 unspecified atom stereocenters. The Labute approximate surface area is 101 Å². The van der Waals surface area contributed by atoms with Crippen LogP contribution in [0.2, 0.25) is 0 Å². The second-order valence-electron chi connectivity index (χ2n) is 3.64. The summed E-state index contributed by atoms with van der Waals surface area (Å²) >= 11 is 0. The number of ether oxygens (including phenoxy) is 2. The van der Waals surface area contributed by atoms with Gasteiger partial charge in [0, 0.05) is 13.0 Å². The molecule has 0 aliphatic heterocycles. The minimum Gasteiger partial charge on any atom is -0.463 e. The van der Waals surface area contributed by atoms with Crippen LogP contribution in [-0.4, -0.2) is 47.6 Å². The van der Waals surface area contributed by atoms with Gasteiger partial charge in [0.15, 0.2) is 6.10 Å². The van der Waals surface area contributed by atoms with Gasteiger partial charge in [0.1, 0.15) is 0 Å². The SMILES string of the molecule is CCC(O)CC(=O)OC(C)C(=O)OCCCO. The number of aliphatic hydroxyl groups is 2. The summed E-state index contributed by atoms with van der Waals surface area (Å²) in [5, 5.41) is 17.7. The summed E-state index contributed by atoms with van der Waals surface area (Å²) in [5.41, 5.74) is 0. The topological polar surface area (TPSA) is 93.1 Å². The molecule has 0 bridgehead atoms. The maximum atomic E-state index is 11.3. The third-order valence-corrected chi connectivity index (χ3v) is 2.06. The molecule has 0 heterocycles. The second-order valence-corrected chi connectivity index (χ2v) is 3.64. The van der Waals surface area contributed by atoms with Gasteiger partial charge in [-0.05, 0) is 13.3 Å². The third-order valence-electron chi connectivity index (χ3n) is 2.06. The summed E-state index contributed by atoms with van der Waals surface area (Å²) in [4.78, 5) is 22.5. The molecule has 0 aromatic carbocycles. The van der Waals surface area contributed by atoms with Crippen LogP contribution in [0.15, 0.2) is 0 Å². The van der Waals surface area contributed by atoms with Gasteiger partial charge in [-0.15, -0.1) is 0 Å². The van der Waals surface area contributed by atoms with E-state index in [0.717, 1.165) is 0 Å². The molecule has 2 atom stereocenters. The molecule has 0 amide bonds. The van der Waals surface area contributed by atoms with E-state index in [0.29, 0.717) is 12.8 Å². The Hall–Kier alpha value is -1.14. The first-order chi connectivity index (χ1) is 8.01. The predicted molar refractivity (Wildman–Crippen MR) is 59.1 cm³/mol. The van der Waals surface area contributed by atoms with Gasteiger partial charge in [0.2, 0.25) is 0 Å². The summed E-state index contributed by atoms with van der Waals surface area (Å²) in [6, 6.07) is 0. The highest BCUT2D eigenvalue weighted by Crippen LogP contribution is 2.03. The molecule has 0 saturated heterocycles. The lowest BCUT2D eigenvalue weighted by Gasteiger charge is -2.13. The fourth-order valence-corrected chi connectivity index (χ4v) is 0.985. The van der Waals surface area contributed by atoms with Crippen LogP contribution >= 0.6 is 0 Å². The minimum atomic E-state index is -0.995. The fraction of sp³-hybridized carbons (Fsp3) is 0.818. The Morgan fingerprint density at radius 2 is 2.00 bits per heavy atom. The molecular weight excluding hydrogens is 228 g/mol. The highest BCUT2D eigenvalue weighted by Gasteiger charge is 2.20. The van der Waals surface area contributed by atoms with Gasteiger partial charge in [0.05, 0.1) is 19.1 Å². The molecule has 0 aromatic heterocycles. The molecule has 6 heteroatoms. The van der Waals surface area contributed by atoms with Crippen molar-refractivity contribution in [3.8, 4) is 0 Å². The van der Waals surface area contributed by atoms with Crippen LogP contribution in [-0.2, 0) is 19.1 Å². The normalized spacial score (nSPS) is 13.9. The highest BCUT2D eigenvalue weighted by atomic mass is 16.6. The van der Waals surface area contributed by atoms with Crippen molar-refractivity contribution in [2.24, 2.45) is 0 Å². The molecule has 0 aliphatic rings. The Morgan fingerprint density at radius 1 is 1.35 bits per heavy atom. The smallest absolute Gasteiger partial charge is 0.347 e. The highest BCUT2D eigenvalue weighted by molar-refractivity contribution is 5.79. The Bertz CT molecular complexity index is 240. The first-order valence-corrected chi connectivity index (χ1v) is 5.66. The molecule has 0 spiro atoms. The van der Waals surface area contributed by atoms with Crippen LogP contribution in [0.3, 0.4) is 0 Å². The number of carbonyl (C=O) groups is 2. The van der Waals surface area contributed by atoms with E-state index in [4.69, 9.17) is 14.6 Å². The standard InChI is InChI=1S/C11H20O6/c1-3-9(13)7-10(14)17-8(2)11(15)16-6-4-5-12/h8-9,12-13H,3-7H2,1-2H3. The summed E-state index contributed by atoms with van der Waals surface area (Å²) in [6.45, 7) is 3.17. The van der Waals surface area contributed by atoms with E-state index >= 15 is 0 Å². The van der Waals surface area contributed by atoms with Crippen molar-refractivity contribution in [2.45, 2.75) is 45.3 Å². The van der Waals surface area contributed by atoms with Crippen LogP contribution < -0.4 is 0 Å². The number of aliphatic hydroxyl groups excluding tert-OH is 2. The van der Waals surface area contributed by atoms with Gasteiger partial charge < -0.3 is 19.7 Å². The van der Waals surface area contributed by atoms with Crippen LogP contribution in [0.4, 0.5) is 0 Å². The molecule has 0 aromatic rings. The van der Waals surface area contributed by atoms with Crippen LogP contribution in [0.25, 0.3) is 0 Å². The molecule has 0 fully saturated rings. The lowest BCUT2D eigenvalue weighted by molar-refractivity contribution is -0.167. The first kappa shape index (κ1) is 15.9. The third kappa shape index (κ3) is 7.70. The first-order valence-electron chi connectivity index (χ1n) is 5.66. The molecule has 17 heavy (non-hydrogen) atoms. The molecule has 0 radical (unpaired) electrons. The predicted octanol–water partition coefficient (Wildman–Crippen LogP) is 0.00470. The van der Waals surface area contributed by atoms with Crippen LogP contribution in [0, 0.1) is 0 Å². The zero-order valence-corrected chi connectivity index (χ0v) is 10.2. The molecule has 0 saturated carbocycles. The van der Waals surface area contributed by atoms with Crippen molar-refractivity contribution >= 4 is 11.9 Å². The number of hydrogen-bond acceptors (Lipinski definition) is 6. The molecular formula is C11H20O6. The fourth-order valence-electron chi connectivity index (χ4n) is 0.985. The van der Waals surface area contributed by atoms with Crippen molar-refractivity contribution in [1.82, 2.24) is 0 Å². The number of hydrogen-bond donors (Lipinski definition) is 2. The van der Waals surface area contributed by atoms with Crippen molar-refractivity contribution in [3.63, 3.8) is 0 Å².